The number of anilines is 2. The molecule has 0 spiro atoms. The van der Waals surface area contributed by atoms with Gasteiger partial charge in [0, 0.05) is 33.9 Å². The van der Waals surface area contributed by atoms with Crippen molar-refractivity contribution in [3.8, 4) is 0 Å². The molecule has 0 aliphatic carbocycles. The topological polar surface area (TPSA) is 52.7 Å². The number of halogens is 1. The molecule has 2 aromatic rings. The monoisotopic (exact) mass is 509 g/mol. The molecule has 0 atom stereocenters. The zero-order chi connectivity index (χ0) is 21.0. The van der Waals surface area contributed by atoms with Crippen LogP contribution in [0.15, 0.2) is 56.7 Å². The number of sulfonamides is 1. The number of nitrogens with one attached hydrogen (secondary N) is 1. The second-order valence-corrected chi connectivity index (χ2v) is 11.7. The number of piperidine rings is 1. The van der Waals surface area contributed by atoms with E-state index in [1.54, 1.807) is 40.3 Å². The van der Waals surface area contributed by atoms with E-state index in [1.807, 2.05) is 12.1 Å². The predicted molar refractivity (Wildman–Crippen MR) is 129 cm³/mol. The predicted octanol–water partition coefficient (Wildman–Crippen LogP) is 5.04. The Bertz CT molecular complexity index is 961. The lowest BCUT2D eigenvalue weighted by atomic mass is 10.1. The fourth-order valence-corrected chi connectivity index (χ4v) is 6.89. The van der Waals surface area contributed by atoms with Crippen molar-refractivity contribution in [1.82, 2.24) is 4.90 Å². The Labute approximate surface area is 192 Å². The van der Waals surface area contributed by atoms with Gasteiger partial charge in [-0.1, -0.05) is 22.4 Å². The molecule has 2 aliphatic rings. The van der Waals surface area contributed by atoms with E-state index in [1.165, 1.54) is 32.4 Å². The molecule has 1 N–H and O–H groups in total. The van der Waals surface area contributed by atoms with Crippen LogP contribution in [0.1, 0.15) is 25.7 Å². The highest BCUT2D eigenvalue weighted by atomic mass is 79.9. The number of rotatable bonds is 7. The molecule has 162 valence electrons. The summed E-state index contributed by atoms with van der Waals surface area (Å²) in [5.74, 6) is 0.755. The normalized spacial score (nSPS) is 17.6. The molecule has 2 aliphatic heterocycles. The Kier molecular flexibility index (Phi) is 7.28. The van der Waals surface area contributed by atoms with Gasteiger partial charge in [0.1, 0.15) is 0 Å². The van der Waals surface area contributed by atoms with Crippen LogP contribution in [0.5, 0.6) is 0 Å². The smallest absolute Gasteiger partial charge is 0.264 e. The van der Waals surface area contributed by atoms with E-state index in [0.717, 1.165) is 46.0 Å². The number of thioether (sulfide) groups is 1. The molecular weight excluding hydrogens is 482 g/mol. The van der Waals surface area contributed by atoms with Crippen LogP contribution in [-0.4, -0.2) is 51.8 Å². The molecule has 1 fully saturated rings. The lowest BCUT2D eigenvalue weighted by molar-refractivity contribution is 0.228. The van der Waals surface area contributed by atoms with E-state index in [9.17, 15) is 8.42 Å². The molecule has 30 heavy (non-hydrogen) atoms. The van der Waals surface area contributed by atoms with Crippen LogP contribution in [0.25, 0.3) is 0 Å². The summed E-state index contributed by atoms with van der Waals surface area (Å²) >= 11 is 5.09. The molecule has 0 unspecified atom stereocenters. The first-order valence-electron chi connectivity index (χ1n) is 10.6. The molecule has 0 aromatic heterocycles. The third kappa shape index (κ3) is 5.15. The van der Waals surface area contributed by atoms with Gasteiger partial charge in [0.15, 0.2) is 0 Å². The second kappa shape index (κ2) is 9.94. The largest absolute Gasteiger partial charge is 0.385 e. The summed E-state index contributed by atoms with van der Waals surface area (Å²) in [4.78, 5) is 3.88. The van der Waals surface area contributed by atoms with Crippen LogP contribution >= 0.6 is 27.7 Å². The van der Waals surface area contributed by atoms with Gasteiger partial charge in [-0.15, -0.1) is 11.8 Å². The third-order valence-corrected chi connectivity index (χ3v) is 9.01. The van der Waals surface area contributed by atoms with Crippen LogP contribution in [0.2, 0.25) is 0 Å². The summed E-state index contributed by atoms with van der Waals surface area (Å²) in [6, 6.07) is 12.9. The van der Waals surface area contributed by atoms with Gasteiger partial charge in [-0.3, -0.25) is 4.31 Å². The lowest BCUT2D eigenvalue weighted by Crippen LogP contribution is -2.35. The minimum absolute atomic E-state index is 0.323. The fraction of sp³-hybridized carbons (Fsp3) is 0.455. The average molecular weight is 511 g/mol. The second-order valence-electron chi connectivity index (χ2n) is 7.74. The summed E-state index contributed by atoms with van der Waals surface area (Å²) in [6.45, 7) is 4.94. The molecule has 0 saturated carbocycles. The first kappa shape index (κ1) is 22.0. The van der Waals surface area contributed by atoms with E-state index in [-0.39, 0.29) is 0 Å². The van der Waals surface area contributed by atoms with Crippen molar-refractivity contribution < 1.29 is 8.42 Å². The molecule has 0 radical (unpaired) electrons. The Morgan fingerprint density at radius 3 is 2.53 bits per heavy atom. The highest BCUT2D eigenvalue weighted by molar-refractivity contribution is 9.10. The zero-order valence-corrected chi connectivity index (χ0v) is 20.2. The molecule has 8 heteroatoms. The standard InChI is InChI=1S/C22H28BrN3O2S2/c23-18-5-8-20(9-6-18)30(27,28)26-15-16-29-22-10-7-19(17-21(22)26)24-11-4-14-25-12-2-1-3-13-25/h5-10,17,24H,1-4,11-16H2. The van der Waals surface area contributed by atoms with Crippen LogP contribution in [0.4, 0.5) is 11.4 Å². The summed E-state index contributed by atoms with van der Waals surface area (Å²) in [7, 11) is -3.58. The Balaban J connectivity index is 1.45. The molecule has 0 amide bonds. The van der Waals surface area contributed by atoms with Crippen molar-refractivity contribution in [2.75, 3.05) is 48.1 Å². The van der Waals surface area contributed by atoms with Gasteiger partial charge >= 0.3 is 0 Å². The molecule has 2 heterocycles. The summed E-state index contributed by atoms with van der Waals surface area (Å²) < 4.78 is 29.0. The van der Waals surface area contributed by atoms with Gasteiger partial charge in [0.25, 0.3) is 10.0 Å². The van der Waals surface area contributed by atoms with E-state index in [0.29, 0.717) is 11.4 Å². The molecule has 1 saturated heterocycles. The number of hydrogen-bond donors (Lipinski definition) is 1. The summed E-state index contributed by atoms with van der Waals surface area (Å²) in [6.07, 6.45) is 5.09. The van der Waals surface area contributed by atoms with Gasteiger partial charge in [0.2, 0.25) is 0 Å². The SMILES string of the molecule is O=S(=O)(c1ccc(Br)cc1)N1CCSc2ccc(NCCCN3CCCCC3)cc21. The van der Waals surface area contributed by atoms with Crippen molar-refractivity contribution in [2.24, 2.45) is 0 Å². The van der Waals surface area contributed by atoms with Crippen LogP contribution < -0.4 is 9.62 Å². The molecule has 4 rings (SSSR count). The summed E-state index contributed by atoms with van der Waals surface area (Å²) in [5.41, 5.74) is 1.75. The number of likely N-dealkylation sites (tertiary alicyclic amines) is 1. The summed E-state index contributed by atoms with van der Waals surface area (Å²) in [5, 5.41) is 3.49. The van der Waals surface area contributed by atoms with E-state index >= 15 is 0 Å². The van der Waals surface area contributed by atoms with Crippen molar-refractivity contribution >= 4 is 49.1 Å². The highest BCUT2D eigenvalue weighted by Crippen LogP contribution is 2.39. The first-order valence-corrected chi connectivity index (χ1v) is 13.8. The molecular formula is C22H28BrN3O2S2. The number of fused-ring (bicyclic) bond motifs is 1. The maximum absolute atomic E-state index is 13.3. The third-order valence-electron chi connectivity index (χ3n) is 5.61. The van der Waals surface area contributed by atoms with Crippen LogP contribution in [-0.2, 0) is 10.0 Å². The lowest BCUT2D eigenvalue weighted by Gasteiger charge is -2.30. The van der Waals surface area contributed by atoms with Gasteiger partial charge in [-0.25, -0.2) is 8.42 Å². The van der Waals surface area contributed by atoms with E-state index < -0.39 is 10.0 Å². The molecule has 0 bridgehead atoms. The minimum atomic E-state index is -3.58. The molecule has 2 aromatic carbocycles. The van der Waals surface area contributed by atoms with Crippen molar-refractivity contribution in [3.63, 3.8) is 0 Å². The molecule has 5 nitrogen and oxygen atoms in total. The number of nitrogens with zero attached hydrogens (tertiary/aromatic N) is 2. The first-order chi connectivity index (χ1) is 14.5. The van der Waals surface area contributed by atoms with Crippen LogP contribution in [0.3, 0.4) is 0 Å². The highest BCUT2D eigenvalue weighted by Gasteiger charge is 2.29. The maximum Gasteiger partial charge on any atom is 0.264 e. The zero-order valence-electron chi connectivity index (χ0n) is 17.0. The number of hydrogen-bond acceptors (Lipinski definition) is 5. The van der Waals surface area contributed by atoms with Gasteiger partial charge in [0.05, 0.1) is 10.6 Å². The van der Waals surface area contributed by atoms with Crippen molar-refractivity contribution in [2.45, 2.75) is 35.5 Å². The van der Waals surface area contributed by atoms with Crippen molar-refractivity contribution in [3.05, 3.63) is 46.9 Å². The quantitative estimate of drug-likeness (QED) is 0.529. The van der Waals surface area contributed by atoms with Crippen molar-refractivity contribution in [1.29, 1.82) is 0 Å². The number of benzene rings is 2. The van der Waals surface area contributed by atoms with Gasteiger partial charge in [-0.2, -0.15) is 0 Å². The Morgan fingerprint density at radius 2 is 1.77 bits per heavy atom. The van der Waals surface area contributed by atoms with E-state index in [2.05, 4.69) is 32.2 Å². The minimum Gasteiger partial charge on any atom is -0.385 e. The fourth-order valence-electron chi connectivity index (χ4n) is 4.01. The van der Waals surface area contributed by atoms with Crippen LogP contribution in [0, 0.1) is 0 Å². The van der Waals surface area contributed by atoms with Gasteiger partial charge < -0.3 is 10.2 Å². The van der Waals surface area contributed by atoms with E-state index in [4.69, 9.17) is 0 Å². The Morgan fingerprint density at radius 1 is 1.00 bits per heavy atom. The average Bonchev–Trinajstić information content (AvgIpc) is 2.77. The van der Waals surface area contributed by atoms with Gasteiger partial charge in [-0.05, 0) is 81.4 Å². The maximum atomic E-state index is 13.3. The Hall–Kier alpha value is -1.22.